The van der Waals surface area contributed by atoms with E-state index < -0.39 is 21.8 Å². The highest BCUT2D eigenvalue weighted by atomic mass is 32.2. The number of anilines is 2. The summed E-state index contributed by atoms with van der Waals surface area (Å²) in [5.74, 6) is -0.774. The third kappa shape index (κ3) is 6.87. The molecule has 21 heavy (non-hydrogen) atoms. The molecule has 0 aliphatic heterocycles. The number of hydrogen-bond acceptors (Lipinski definition) is 5. The van der Waals surface area contributed by atoms with Crippen molar-refractivity contribution in [3.63, 3.8) is 0 Å². The van der Waals surface area contributed by atoms with Crippen LogP contribution in [0.3, 0.4) is 0 Å². The molecule has 1 aromatic rings. The number of carbonyl (C=O) groups is 2. The molecular weight excluding hydrogens is 294 g/mol. The lowest BCUT2D eigenvalue weighted by Crippen LogP contribution is -2.37. The predicted octanol–water partition coefficient (Wildman–Crippen LogP) is 0.346. The van der Waals surface area contributed by atoms with Crippen molar-refractivity contribution in [3.05, 3.63) is 24.3 Å². The van der Waals surface area contributed by atoms with Crippen LogP contribution in [0.5, 0.6) is 0 Å². The van der Waals surface area contributed by atoms with Crippen molar-refractivity contribution in [2.75, 3.05) is 22.6 Å². The second kappa shape index (κ2) is 7.19. The fraction of sp³-hybridized carbons (Fsp3) is 0.385. The van der Waals surface area contributed by atoms with Crippen molar-refractivity contribution in [3.8, 4) is 0 Å². The van der Waals surface area contributed by atoms with Crippen molar-refractivity contribution < 1.29 is 18.0 Å². The molecule has 2 amide bonds. The summed E-state index contributed by atoms with van der Waals surface area (Å²) in [6.45, 7) is 1.40. The van der Waals surface area contributed by atoms with Crippen LogP contribution in [0.25, 0.3) is 0 Å². The van der Waals surface area contributed by atoms with E-state index in [-0.39, 0.29) is 18.1 Å². The first kappa shape index (κ1) is 17.1. The number of carbonyl (C=O) groups excluding carboxylic acids is 2. The van der Waals surface area contributed by atoms with Gasteiger partial charge in [-0.05, 0) is 30.7 Å². The lowest BCUT2D eigenvalue weighted by atomic mass is 10.2. The maximum Gasteiger partial charge on any atom is 0.241 e. The summed E-state index contributed by atoms with van der Waals surface area (Å²) in [6, 6.07) is 5.62. The fourth-order valence-electron chi connectivity index (χ4n) is 1.55. The summed E-state index contributed by atoms with van der Waals surface area (Å²) in [4.78, 5) is 22.7. The SMILES string of the molecule is CC(=O)Nc1ccc(NC(=O)C(N)CCS(C)(=O)=O)cc1. The minimum absolute atomic E-state index is 0.0641. The molecule has 116 valence electrons. The molecule has 1 rings (SSSR count). The standard InChI is InChI=1S/C13H19N3O4S/c1-9(17)15-10-3-5-11(6-4-10)16-13(18)12(14)7-8-21(2,19)20/h3-6,12H,7-8,14H2,1-2H3,(H,15,17)(H,16,18). The van der Waals surface area contributed by atoms with Gasteiger partial charge in [0.2, 0.25) is 11.8 Å². The van der Waals surface area contributed by atoms with Crippen molar-refractivity contribution in [1.29, 1.82) is 0 Å². The third-order valence-corrected chi connectivity index (χ3v) is 3.59. The van der Waals surface area contributed by atoms with Gasteiger partial charge in [-0.2, -0.15) is 0 Å². The number of sulfone groups is 1. The highest BCUT2D eigenvalue weighted by molar-refractivity contribution is 7.90. The third-order valence-electron chi connectivity index (χ3n) is 2.61. The Morgan fingerprint density at radius 1 is 1.14 bits per heavy atom. The van der Waals surface area contributed by atoms with Gasteiger partial charge in [0.15, 0.2) is 0 Å². The molecule has 0 saturated carbocycles. The minimum atomic E-state index is -3.14. The van der Waals surface area contributed by atoms with E-state index in [9.17, 15) is 18.0 Å². The predicted molar refractivity (Wildman–Crippen MR) is 81.7 cm³/mol. The second-order valence-corrected chi connectivity index (χ2v) is 7.03. The molecule has 0 heterocycles. The summed E-state index contributed by atoms with van der Waals surface area (Å²) < 4.78 is 22.0. The molecule has 0 radical (unpaired) electrons. The van der Waals surface area contributed by atoms with Crippen LogP contribution >= 0.6 is 0 Å². The van der Waals surface area contributed by atoms with E-state index in [0.29, 0.717) is 11.4 Å². The van der Waals surface area contributed by atoms with Gasteiger partial charge in [0, 0.05) is 24.6 Å². The molecule has 0 spiro atoms. The van der Waals surface area contributed by atoms with E-state index in [1.807, 2.05) is 0 Å². The Labute approximate surface area is 123 Å². The molecule has 0 aliphatic carbocycles. The maximum absolute atomic E-state index is 11.8. The molecule has 1 aromatic carbocycles. The fourth-order valence-corrected chi connectivity index (χ4v) is 2.23. The first-order valence-corrected chi connectivity index (χ1v) is 8.35. The zero-order valence-electron chi connectivity index (χ0n) is 11.9. The Kier molecular flexibility index (Phi) is 5.86. The number of nitrogens with one attached hydrogen (secondary N) is 2. The number of nitrogens with two attached hydrogens (primary N) is 1. The molecule has 0 saturated heterocycles. The monoisotopic (exact) mass is 313 g/mol. The molecule has 8 heteroatoms. The molecule has 0 fully saturated rings. The van der Waals surface area contributed by atoms with Gasteiger partial charge in [-0.1, -0.05) is 0 Å². The van der Waals surface area contributed by atoms with E-state index in [0.717, 1.165) is 6.26 Å². The Morgan fingerprint density at radius 3 is 2.05 bits per heavy atom. The summed E-state index contributed by atoms with van der Waals surface area (Å²) in [7, 11) is -3.14. The van der Waals surface area contributed by atoms with Gasteiger partial charge in [-0.3, -0.25) is 9.59 Å². The number of amides is 2. The van der Waals surface area contributed by atoms with Crippen LogP contribution in [0, 0.1) is 0 Å². The largest absolute Gasteiger partial charge is 0.326 e. The highest BCUT2D eigenvalue weighted by Crippen LogP contribution is 2.13. The molecule has 4 N–H and O–H groups in total. The van der Waals surface area contributed by atoms with E-state index >= 15 is 0 Å². The van der Waals surface area contributed by atoms with E-state index in [4.69, 9.17) is 5.73 Å². The van der Waals surface area contributed by atoms with Crippen LogP contribution in [0.2, 0.25) is 0 Å². The Bertz CT molecular complexity index is 611. The Hall–Kier alpha value is -1.93. The average molecular weight is 313 g/mol. The van der Waals surface area contributed by atoms with Gasteiger partial charge in [-0.25, -0.2) is 8.42 Å². The van der Waals surface area contributed by atoms with Crippen LogP contribution in [0.15, 0.2) is 24.3 Å². The number of rotatable bonds is 6. The Balaban J connectivity index is 2.56. The molecule has 0 bridgehead atoms. The lowest BCUT2D eigenvalue weighted by Gasteiger charge is -2.12. The van der Waals surface area contributed by atoms with Gasteiger partial charge >= 0.3 is 0 Å². The minimum Gasteiger partial charge on any atom is -0.326 e. The lowest BCUT2D eigenvalue weighted by molar-refractivity contribution is -0.117. The van der Waals surface area contributed by atoms with Crippen LogP contribution in [-0.2, 0) is 19.4 Å². The van der Waals surface area contributed by atoms with Gasteiger partial charge in [-0.15, -0.1) is 0 Å². The van der Waals surface area contributed by atoms with Crippen LogP contribution < -0.4 is 16.4 Å². The first-order valence-electron chi connectivity index (χ1n) is 6.29. The number of benzene rings is 1. The quantitative estimate of drug-likeness (QED) is 0.700. The second-order valence-electron chi connectivity index (χ2n) is 4.77. The van der Waals surface area contributed by atoms with Gasteiger partial charge in [0.05, 0.1) is 11.8 Å². The number of hydrogen-bond donors (Lipinski definition) is 3. The molecule has 7 nitrogen and oxygen atoms in total. The van der Waals surface area contributed by atoms with Crippen molar-refractivity contribution in [1.82, 2.24) is 0 Å². The summed E-state index contributed by atoms with van der Waals surface area (Å²) in [5, 5.41) is 5.19. The van der Waals surface area contributed by atoms with E-state index in [2.05, 4.69) is 10.6 Å². The van der Waals surface area contributed by atoms with Gasteiger partial charge in [0.1, 0.15) is 9.84 Å². The van der Waals surface area contributed by atoms with Crippen molar-refractivity contribution >= 4 is 33.0 Å². The first-order chi connectivity index (χ1) is 9.67. The van der Waals surface area contributed by atoms with Crippen molar-refractivity contribution in [2.45, 2.75) is 19.4 Å². The topological polar surface area (TPSA) is 118 Å². The van der Waals surface area contributed by atoms with Gasteiger partial charge in [0.25, 0.3) is 0 Å². The van der Waals surface area contributed by atoms with Crippen LogP contribution in [0.1, 0.15) is 13.3 Å². The average Bonchev–Trinajstić information content (AvgIpc) is 2.36. The normalized spacial score (nSPS) is 12.5. The summed E-state index contributed by atoms with van der Waals surface area (Å²) >= 11 is 0. The molecule has 0 aromatic heterocycles. The van der Waals surface area contributed by atoms with Crippen LogP contribution in [-0.4, -0.2) is 38.3 Å². The van der Waals surface area contributed by atoms with Crippen LogP contribution in [0.4, 0.5) is 11.4 Å². The molecule has 0 aliphatic rings. The summed E-state index contributed by atoms with van der Waals surface area (Å²) in [6.07, 6.45) is 1.16. The summed E-state index contributed by atoms with van der Waals surface area (Å²) in [5.41, 5.74) is 6.76. The van der Waals surface area contributed by atoms with Crippen molar-refractivity contribution in [2.24, 2.45) is 5.73 Å². The van der Waals surface area contributed by atoms with E-state index in [1.54, 1.807) is 24.3 Å². The molecular formula is C13H19N3O4S. The zero-order valence-corrected chi connectivity index (χ0v) is 12.7. The smallest absolute Gasteiger partial charge is 0.241 e. The Morgan fingerprint density at radius 2 is 1.62 bits per heavy atom. The van der Waals surface area contributed by atoms with Gasteiger partial charge < -0.3 is 16.4 Å². The maximum atomic E-state index is 11.8. The molecule has 1 unspecified atom stereocenters. The molecule has 1 atom stereocenters. The zero-order chi connectivity index (χ0) is 16.0. The highest BCUT2D eigenvalue weighted by Gasteiger charge is 2.16. The van der Waals surface area contributed by atoms with E-state index in [1.165, 1.54) is 6.92 Å².